The molecule has 0 atom stereocenters. The van der Waals surface area contributed by atoms with E-state index >= 15 is 0 Å². The van der Waals surface area contributed by atoms with Crippen molar-refractivity contribution in [2.45, 2.75) is 19.6 Å². The Hall–Kier alpha value is -3.45. The molecular weight excluding hydrogens is 412 g/mol. The zero-order chi connectivity index (χ0) is 22.1. The van der Waals surface area contributed by atoms with Crippen LogP contribution in [0.4, 0.5) is 0 Å². The van der Waals surface area contributed by atoms with Gasteiger partial charge in [-0.1, -0.05) is 31.8 Å². The van der Waals surface area contributed by atoms with Crippen molar-refractivity contribution in [2.24, 2.45) is 0 Å². The highest BCUT2D eigenvalue weighted by Crippen LogP contribution is 2.43. The number of hydrogen-bond acceptors (Lipinski definition) is 6. The second-order valence-electron chi connectivity index (χ2n) is 8.65. The van der Waals surface area contributed by atoms with E-state index in [-0.39, 0.29) is 5.75 Å². The Balaban J connectivity index is 2.07. The van der Waals surface area contributed by atoms with Gasteiger partial charge < -0.3 is 23.4 Å². The van der Waals surface area contributed by atoms with E-state index in [0.29, 0.717) is 49.6 Å². The zero-order valence-corrected chi connectivity index (χ0v) is 19.0. The monoisotopic (exact) mass is 434 g/mol. The first-order valence-corrected chi connectivity index (χ1v) is 13.4. The number of fused-ring (bicyclic) bond motifs is 7. The fraction of sp³-hybridized carbons (Fsp3) is 0.208. The molecule has 6 nitrogen and oxygen atoms in total. The quantitative estimate of drug-likeness (QED) is 0.241. The number of methoxy groups -OCH3 is 2. The van der Waals surface area contributed by atoms with E-state index < -0.39 is 13.7 Å². The third-order valence-electron chi connectivity index (χ3n) is 5.67. The van der Waals surface area contributed by atoms with E-state index in [1.807, 2.05) is 12.1 Å². The van der Waals surface area contributed by atoms with Crippen LogP contribution in [-0.2, 0) is 0 Å². The minimum absolute atomic E-state index is 0.0484. The number of phenolic OH excluding ortho intramolecular Hbond substituents is 1. The molecule has 0 radical (unpaired) electrons. The van der Waals surface area contributed by atoms with E-state index in [1.165, 1.54) is 7.11 Å². The summed E-state index contributed by atoms with van der Waals surface area (Å²) in [5.41, 5.74) is 0.343. The summed E-state index contributed by atoms with van der Waals surface area (Å²) >= 11 is 0. The smallest absolute Gasteiger partial charge is 0.348 e. The molecule has 0 aliphatic carbocycles. The standard InChI is InChI=1S/C24H22O6Si/c1-27-16-9-12-10-18(31(3,4)5)29-22(12)21-20(16)14-11-17(28-2)19-13(7-6-8-15(19)25)23(14)30-24(21)26/h6-11,25H,1-5H3. The molecule has 31 heavy (non-hydrogen) atoms. The summed E-state index contributed by atoms with van der Waals surface area (Å²) in [4.78, 5) is 13.3. The molecule has 0 saturated heterocycles. The van der Waals surface area contributed by atoms with Gasteiger partial charge in [-0.2, -0.15) is 0 Å². The lowest BCUT2D eigenvalue weighted by Crippen LogP contribution is -2.36. The van der Waals surface area contributed by atoms with Crippen molar-refractivity contribution in [3.8, 4) is 17.2 Å². The van der Waals surface area contributed by atoms with E-state index in [2.05, 4.69) is 19.6 Å². The SMILES string of the molecule is COc1cc2c(oc(=O)c3c4oc([Si](C)(C)C)cc4cc(OC)c23)c2cccc(O)c12. The number of hydrogen-bond donors (Lipinski definition) is 1. The molecule has 2 heterocycles. The van der Waals surface area contributed by atoms with Crippen LogP contribution in [0.1, 0.15) is 0 Å². The summed E-state index contributed by atoms with van der Waals surface area (Å²) in [5.74, 6) is 1.07. The lowest BCUT2D eigenvalue weighted by Gasteiger charge is -2.13. The summed E-state index contributed by atoms with van der Waals surface area (Å²) in [7, 11) is 1.36. The van der Waals surface area contributed by atoms with Crippen LogP contribution in [0, 0.1) is 0 Å². The van der Waals surface area contributed by atoms with Crippen molar-refractivity contribution in [1.82, 2.24) is 0 Å². The molecule has 0 saturated carbocycles. The Morgan fingerprint density at radius 1 is 0.839 bits per heavy atom. The first-order valence-electron chi connectivity index (χ1n) is 9.95. The van der Waals surface area contributed by atoms with Gasteiger partial charge in [0.05, 0.1) is 25.0 Å². The second-order valence-corrected chi connectivity index (χ2v) is 13.6. The van der Waals surface area contributed by atoms with Gasteiger partial charge in [0.2, 0.25) is 0 Å². The largest absolute Gasteiger partial charge is 0.507 e. The second kappa shape index (κ2) is 6.52. The predicted molar refractivity (Wildman–Crippen MR) is 125 cm³/mol. The van der Waals surface area contributed by atoms with Crippen molar-refractivity contribution in [3.63, 3.8) is 0 Å². The Morgan fingerprint density at radius 3 is 2.23 bits per heavy atom. The molecule has 5 aromatic rings. The first-order chi connectivity index (χ1) is 14.7. The molecule has 0 spiro atoms. The van der Waals surface area contributed by atoms with Crippen molar-refractivity contribution < 1.29 is 23.4 Å². The third kappa shape index (κ3) is 2.73. The summed E-state index contributed by atoms with van der Waals surface area (Å²) in [5, 5.41) is 14.8. The normalized spacial score (nSPS) is 12.3. The van der Waals surface area contributed by atoms with Gasteiger partial charge >= 0.3 is 5.63 Å². The topological polar surface area (TPSA) is 82.0 Å². The Morgan fingerprint density at radius 2 is 1.55 bits per heavy atom. The number of aromatic hydroxyl groups is 1. The maximum atomic E-state index is 13.3. The zero-order valence-electron chi connectivity index (χ0n) is 18.0. The van der Waals surface area contributed by atoms with Crippen LogP contribution in [-0.4, -0.2) is 27.4 Å². The van der Waals surface area contributed by atoms with E-state index in [9.17, 15) is 9.90 Å². The highest BCUT2D eigenvalue weighted by molar-refractivity contribution is 6.87. The van der Waals surface area contributed by atoms with E-state index in [4.69, 9.17) is 18.3 Å². The molecule has 7 heteroatoms. The van der Waals surface area contributed by atoms with Crippen LogP contribution in [0.3, 0.4) is 0 Å². The van der Waals surface area contributed by atoms with Crippen molar-refractivity contribution in [1.29, 1.82) is 0 Å². The molecule has 158 valence electrons. The predicted octanol–water partition coefficient (Wildman–Crippen LogP) is 5.11. The molecule has 0 bridgehead atoms. The maximum Gasteiger partial charge on any atom is 0.348 e. The molecule has 0 amide bonds. The maximum absolute atomic E-state index is 13.3. The van der Waals surface area contributed by atoms with Gasteiger partial charge in [-0.05, 0) is 24.3 Å². The third-order valence-corrected chi connectivity index (χ3v) is 7.40. The minimum Gasteiger partial charge on any atom is -0.507 e. The average molecular weight is 435 g/mol. The van der Waals surface area contributed by atoms with Gasteiger partial charge in [-0.3, -0.25) is 0 Å². The van der Waals surface area contributed by atoms with Crippen LogP contribution >= 0.6 is 0 Å². The number of furan rings is 1. The van der Waals surface area contributed by atoms with Crippen molar-refractivity contribution in [2.75, 3.05) is 14.2 Å². The van der Waals surface area contributed by atoms with E-state index in [1.54, 1.807) is 31.4 Å². The Labute approximate surface area is 178 Å². The fourth-order valence-corrected chi connectivity index (χ4v) is 5.15. The number of phenols is 1. The van der Waals surface area contributed by atoms with Crippen LogP contribution in [0.25, 0.3) is 43.5 Å². The highest BCUT2D eigenvalue weighted by atomic mass is 28.3. The van der Waals surface area contributed by atoms with Gasteiger partial charge in [-0.15, -0.1) is 0 Å². The lowest BCUT2D eigenvalue weighted by atomic mass is 9.99. The number of ether oxygens (including phenoxy) is 2. The highest BCUT2D eigenvalue weighted by Gasteiger charge is 2.26. The Bertz CT molecular complexity index is 1570. The molecule has 0 fully saturated rings. The van der Waals surface area contributed by atoms with Crippen molar-refractivity contribution in [3.05, 3.63) is 46.8 Å². The molecule has 5 rings (SSSR count). The number of benzene rings is 3. The molecule has 1 N–H and O–H groups in total. The van der Waals surface area contributed by atoms with Crippen LogP contribution < -0.4 is 20.5 Å². The van der Waals surface area contributed by atoms with Crippen molar-refractivity contribution >= 4 is 56.9 Å². The average Bonchev–Trinajstić information content (AvgIpc) is 3.17. The molecular formula is C24H22O6Si. The molecule has 0 aliphatic rings. The molecule has 0 unspecified atom stereocenters. The molecule has 2 aromatic heterocycles. The Kier molecular flexibility index (Phi) is 4.10. The van der Waals surface area contributed by atoms with E-state index in [0.717, 1.165) is 10.8 Å². The summed E-state index contributed by atoms with van der Waals surface area (Å²) in [6, 6.07) is 10.7. The van der Waals surface area contributed by atoms with Gasteiger partial charge in [0.25, 0.3) is 0 Å². The minimum atomic E-state index is -1.75. The fourth-order valence-electron chi connectivity index (χ4n) is 4.15. The van der Waals surface area contributed by atoms with Gasteiger partial charge in [0.1, 0.15) is 41.9 Å². The molecule has 0 aliphatic heterocycles. The summed E-state index contributed by atoms with van der Waals surface area (Å²) in [6.07, 6.45) is 0. The van der Waals surface area contributed by atoms with Crippen LogP contribution in [0.2, 0.25) is 19.6 Å². The van der Waals surface area contributed by atoms with Crippen LogP contribution in [0.5, 0.6) is 17.2 Å². The summed E-state index contributed by atoms with van der Waals surface area (Å²) in [6.45, 7) is 6.56. The van der Waals surface area contributed by atoms with Crippen LogP contribution in [0.15, 0.2) is 50.0 Å². The number of rotatable bonds is 3. The van der Waals surface area contributed by atoms with Gasteiger partial charge in [0, 0.05) is 21.5 Å². The summed E-state index contributed by atoms with van der Waals surface area (Å²) < 4.78 is 23.3. The molecule has 3 aromatic carbocycles. The lowest BCUT2D eigenvalue weighted by molar-refractivity contribution is 0.416. The van der Waals surface area contributed by atoms with Gasteiger partial charge in [0.15, 0.2) is 0 Å². The first kappa shape index (κ1) is 19.5. The van der Waals surface area contributed by atoms with Gasteiger partial charge in [-0.25, -0.2) is 4.79 Å².